The summed E-state index contributed by atoms with van der Waals surface area (Å²) in [6.45, 7) is 2.00. The van der Waals surface area contributed by atoms with Crippen molar-refractivity contribution in [2.24, 2.45) is 5.73 Å². The van der Waals surface area contributed by atoms with E-state index in [1.54, 1.807) is 0 Å². The highest BCUT2D eigenvalue weighted by atomic mass is 16.4. The number of carbonyl (C=O) groups is 1. The smallest absolute Gasteiger partial charge is 0.353 e. The molecule has 90 valence electrons. The fourth-order valence-corrected chi connectivity index (χ4v) is 1.98. The number of aromatic amines is 1. The van der Waals surface area contributed by atoms with E-state index in [0.29, 0.717) is 5.82 Å². The molecule has 0 aromatic carbocycles. The number of allylic oxidation sites excluding steroid dienone is 2. The van der Waals surface area contributed by atoms with Crippen LogP contribution in [0.2, 0.25) is 0 Å². The minimum atomic E-state index is -1.02. The molecule has 1 heterocycles. The third-order valence-electron chi connectivity index (χ3n) is 3.13. The minimum absolute atomic E-state index is 0.0846. The van der Waals surface area contributed by atoms with Gasteiger partial charge < -0.3 is 15.8 Å². The lowest BCUT2D eigenvalue weighted by molar-refractivity contribution is 0.0691. The molecule has 5 heteroatoms. The van der Waals surface area contributed by atoms with Gasteiger partial charge in [-0.2, -0.15) is 0 Å². The second-order valence-electron chi connectivity index (χ2n) is 4.17. The van der Waals surface area contributed by atoms with E-state index < -0.39 is 11.5 Å². The average Bonchev–Trinajstić information content (AvgIpc) is 2.79. The number of aromatic carboxylic acids is 1. The van der Waals surface area contributed by atoms with Crippen LogP contribution in [0.3, 0.4) is 0 Å². The first kappa shape index (κ1) is 11.6. The molecule has 5 nitrogen and oxygen atoms in total. The Hall–Kier alpha value is -1.88. The van der Waals surface area contributed by atoms with Gasteiger partial charge in [-0.15, -0.1) is 0 Å². The van der Waals surface area contributed by atoms with Gasteiger partial charge in [-0.1, -0.05) is 31.2 Å². The zero-order valence-electron chi connectivity index (χ0n) is 9.55. The minimum Gasteiger partial charge on any atom is -0.477 e. The zero-order chi connectivity index (χ0) is 12.5. The molecule has 0 fully saturated rings. The number of rotatable bonds is 3. The second-order valence-corrected chi connectivity index (χ2v) is 4.17. The Morgan fingerprint density at radius 3 is 3.00 bits per heavy atom. The molecule has 0 radical (unpaired) electrons. The number of H-pyrrole nitrogens is 1. The molecule has 0 aliphatic heterocycles. The first-order chi connectivity index (χ1) is 8.07. The highest BCUT2D eigenvalue weighted by Gasteiger charge is 2.33. The molecule has 2 rings (SSSR count). The molecule has 2 atom stereocenters. The van der Waals surface area contributed by atoms with Crippen molar-refractivity contribution in [3.05, 3.63) is 42.0 Å². The Kier molecular flexibility index (Phi) is 2.85. The molecular formula is C12H15N3O2. The van der Waals surface area contributed by atoms with Crippen LogP contribution in [-0.2, 0) is 0 Å². The number of nitrogens with two attached hydrogens (primary N) is 1. The molecule has 0 saturated carbocycles. The van der Waals surface area contributed by atoms with Crippen LogP contribution in [0.4, 0.5) is 0 Å². The summed E-state index contributed by atoms with van der Waals surface area (Å²) in [6, 6.07) is 0. The highest BCUT2D eigenvalue weighted by Crippen LogP contribution is 2.32. The number of carboxylic acid groups (broad SMARTS) is 1. The standard InChI is InChI=1S/C12H15N3O2/c1-2-12(13)6-4-3-5-8(12)10-14-7-9(15-10)11(16)17/h3-8H,2,13H2,1H3,(H,14,15)(H,16,17)/t8?,12-/m0/s1. The fourth-order valence-electron chi connectivity index (χ4n) is 1.98. The lowest BCUT2D eigenvalue weighted by atomic mass is 9.79. The molecule has 0 spiro atoms. The molecular weight excluding hydrogens is 218 g/mol. The summed E-state index contributed by atoms with van der Waals surface area (Å²) in [6.07, 6.45) is 9.74. The van der Waals surface area contributed by atoms with E-state index in [1.165, 1.54) is 6.20 Å². The number of hydrogen-bond donors (Lipinski definition) is 3. The predicted octanol–water partition coefficient (Wildman–Crippen LogP) is 1.43. The van der Waals surface area contributed by atoms with Crippen molar-refractivity contribution < 1.29 is 9.90 Å². The fraction of sp³-hybridized carbons (Fsp3) is 0.333. The highest BCUT2D eigenvalue weighted by molar-refractivity contribution is 5.85. The maximum absolute atomic E-state index is 10.8. The van der Waals surface area contributed by atoms with Crippen LogP contribution in [-0.4, -0.2) is 26.6 Å². The zero-order valence-corrected chi connectivity index (χ0v) is 9.55. The Balaban J connectivity index is 2.35. The Morgan fingerprint density at radius 1 is 1.65 bits per heavy atom. The third-order valence-corrected chi connectivity index (χ3v) is 3.13. The molecule has 0 saturated heterocycles. The summed E-state index contributed by atoms with van der Waals surface area (Å²) < 4.78 is 0. The van der Waals surface area contributed by atoms with Gasteiger partial charge in [0.15, 0.2) is 0 Å². The van der Waals surface area contributed by atoms with Crippen LogP contribution in [0.15, 0.2) is 30.5 Å². The molecule has 1 unspecified atom stereocenters. The monoisotopic (exact) mass is 233 g/mol. The molecule has 1 aromatic heterocycles. The average molecular weight is 233 g/mol. The van der Waals surface area contributed by atoms with Gasteiger partial charge in [-0.05, 0) is 6.42 Å². The maximum atomic E-state index is 10.8. The van der Waals surface area contributed by atoms with E-state index in [4.69, 9.17) is 10.8 Å². The summed E-state index contributed by atoms with van der Waals surface area (Å²) in [4.78, 5) is 17.7. The van der Waals surface area contributed by atoms with Gasteiger partial charge in [0.2, 0.25) is 0 Å². The number of aromatic nitrogens is 2. The molecule has 1 aliphatic carbocycles. The quantitative estimate of drug-likeness (QED) is 0.736. The van der Waals surface area contributed by atoms with Crippen LogP contribution < -0.4 is 5.73 Å². The van der Waals surface area contributed by atoms with Crippen LogP contribution >= 0.6 is 0 Å². The largest absolute Gasteiger partial charge is 0.477 e. The molecule has 1 aromatic rings. The van der Waals surface area contributed by atoms with E-state index in [0.717, 1.165) is 6.42 Å². The summed E-state index contributed by atoms with van der Waals surface area (Å²) in [5.41, 5.74) is 5.85. The molecule has 0 bridgehead atoms. The van der Waals surface area contributed by atoms with Crippen molar-refractivity contribution in [2.45, 2.75) is 24.8 Å². The number of nitrogens with zero attached hydrogens (tertiary/aromatic N) is 1. The maximum Gasteiger partial charge on any atom is 0.353 e. The molecule has 17 heavy (non-hydrogen) atoms. The normalized spacial score (nSPS) is 27.3. The van der Waals surface area contributed by atoms with Crippen LogP contribution in [0.5, 0.6) is 0 Å². The van der Waals surface area contributed by atoms with Crippen LogP contribution in [0.25, 0.3) is 0 Å². The van der Waals surface area contributed by atoms with Crippen molar-refractivity contribution in [2.75, 3.05) is 0 Å². The third kappa shape index (κ3) is 2.01. The van der Waals surface area contributed by atoms with Crippen molar-refractivity contribution in [3.63, 3.8) is 0 Å². The van der Waals surface area contributed by atoms with Gasteiger partial charge in [0, 0.05) is 5.54 Å². The summed E-state index contributed by atoms with van der Waals surface area (Å²) >= 11 is 0. The van der Waals surface area contributed by atoms with Crippen LogP contribution in [0, 0.1) is 0 Å². The van der Waals surface area contributed by atoms with Crippen LogP contribution in [0.1, 0.15) is 35.6 Å². The Morgan fingerprint density at radius 2 is 2.41 bits per heavy atom. The van der Waals surface area contributed by atoms with Gasteiger partial charge in [-0.25, -0.2) is 9.78 Å². The van der Waals surface area contributed by atoms with E-state index in [1.807, 2.05) is 31.2 Å². The molecule has 4 N–H and O–H groups in total. The van der Waals surface area contributed by atoms with Crippen molar-refractivity contribution in [3.8, 4) is 0 Å². The van der Waals surface area contributed by atoms with Gasteiger partial charge >= 0.3 is 5.97 Å². The van der Waals surface area contributed by atoms with Crippen molar-refractivity contribution in [1.82, 2.24) is 9.97 Å². The topological polar surface area (TPSA) is 92.0 Å². The van der Waals surface area contributed by atoms with Gasteiger partial charge in [0.25, 0.3) is 0 Å². The molecule has 0 amide bonds. The number of hydrogen-bond acceptors (Lipinski definition) is 3. The molecule has 1 aliphatic rings. The van der Waals surface area contributed by atoms with E-state index >= 15 is 0 Å². The summed E-state index contributed by atoms with van der Waals surface area (Å²) in [5.74, 6) is -0.545. The number of carboxylic acids is 1. The van der Waals surface area contributed by atoms with Crippen molar-refractivity contribution >= 4 is 5.97 Å². The lowest BCUT2D eigenvalue weighted by Gasteiger charge is -2.32. The Labute approximate surface area is 99.1 Å². The first-order valence-electron chi connectivity index (χ1n) is 5.50. The number of nitrogens with one attached hydrogen (secondary N) is 1. The second kappa shape index (κ2) is 4.18. The number of imidazole rings is 1. The predicted molar refractivity (Wildman–Crippen MR) is 63.8 cm³/mol. The van der Waals surface area contributed by atoms with Gasteiger partial charge in [-0.3, -0.25) is 0 Å². The summed E-state index contributed by atoms with van der Waals surface area (Å²) in [5, 5.41) is 8.85. The lowest BCUT2D eigenvalue weighted by Crippen LogP contribution is -2.43. The Bertz CT molecular complexity index is 490. The van der Waals surface area contributed by atoms with E-state index in [9.17, 15) is 4.79 Å². The van der Waals surface area contributed by atoms with Crippen molar-refractivity contribution in [1.29, 1.82) is 0 Å². The van der Waals surface area contributed by atoms with E-state index in [2.05, 4.69) is 9.97 Å². The SMILES string of the molecule is CC[C@]1(N)C=CC=CC1c1ncc(C(=O)O)[nH]1. The van der Waals surface area contributed by atoms with Gasteiger partial charge in [0.05, 0.1) is 12.1 Å². The van der Waals surface area contributed by atoms with Gasteiger partial charge in [0.1, 0.15) is 11.5 Å². The summed E-state index contributed by atoms with van der Waals surface area (Å²) in [7, 11) is 0. The van der Waals surface area contributed by atoms with E-state index in [-0.39, 0.29) is 11.6 Å². The first-order valence-corrected chi connectivity index (χ1v) is 5.50.